The van der Waals surface area contributed by atoms with Gasteiger partial charge >= 0.3 is 0 Å². The fourth-order valence-electron chi connectivity index (χ4n) is 4.37. The summed E-state index contributed by atoms with van der Waals surface area (Å²) in [6.45, 7) is 1.98. The van der Waals surface area contributed by atoms with Crippen molar-refractivity contribution in [2.75, 3.05) is 26.0 Å². The number of nitrogens with one attached hydrogen (secondary N) is 1. The van der Waals surface area contributed by atoms with Gasteiger partial charge in [0, 0.05) is 30.9 Å². The molecule has 0 spiro atoms. The maximum absolute atomic E-state index is 5.66. The van der Waals surface area contributed by atoms with Crippen LogP contribution in [0.25, 0.3) is 27.7 Å². The molecule has 0 radical (unpaired) electrons. The molecule has 1 aliphatic rings. The number of aromatic nitrogens is 5. The molecule has 0 fully saturated rings. The van der Waals surface area contributed by atoms with E-state index in [1.54, 1.807) is 18.0 Å². The highest BCUT2D eigenvalue weighted by Crippen LogP contribution is 2.33. The summed E-state index contributed by atoms with van der Waals surface area (Å²) in [6.07, 6.45) is 6.33. The van der Waals surface area contributed by atoms with Gasteiger partial charge in [-0.1, -0.05) is 12.1 Å². The van der Waals surface area contributed by atoms with Crippen molar-refractivity contribution in [1.29, 1.82) is 0 Å². The lowest BCUT2D eigenvalue weighted by atomic mass is 9.99. The van der Waals surface area contributed by atoms with E-state index >= 15 is 0 Å². The molecule has 164 valence electrons. The lowest BCUT2D eigenvalue weighted by molar-refractivity contribution is 0.312. The zero-order valence-corrected chi connectivity index (χ0v) is 18.5. The molecule has 0 saturated heterocycles. The van der Waals surface area contributed by atoms with Gasteiger partial charge in [-0.2, -0.15) is 5.10 Å². The number of pyridine rings is 1. The lowest BCUT2D eigenvalue weighted by Crippen LogP contribution is -2.26. The van der Waals surface area contributed by atoms with Gasteiger partial charge < -0.3 is 15.0 Å². The third-order valence-corrected chi connectivity index (χ3v) is 6.17. The Labute approximate surface area is 190 Å². The molecule has 5 aromatic rings. The molecule has 1 N–H and O–H groups in total. The zero-order valence-electron chi connectivity index (χ0n) is 18.5. The van der Waals surface area contributed by atoms with E-state index in [1.165, 1.54) is 11.1 Å². The summed E-state index contributed by atoms with van der Waals surface area (Å²) in [5.41, 5.74) is 7.31. The maximum atomic E-state index is 5.66. The van der Waals surface area contributed by atoms with Gasteiger partial charge in [-0.25, -0.2) is 19.5 Å². The van der Waals surface area contributed by atoms with Crippen molar-refractivity contribution in [3.05, 3.63) is 72.3 Å². The molecule has 0 atom stereocenters. The van der Waals surface area contributed by atoms with Crippen molar-refractivity contribution in [2.45, 2.75) is 13.0 Å². The Balaban J connectivity index is 1.35. The van der Waals surface area contributed by atoms with Gasteiger partial charge in [0.15, 0.2) is 5.65 Å². The summed E-state index contributed by atoms with van der Waals surface area (Å²) >= 11 is 0. The quantitative estimate of drug-likeness (QED) is 0.454. The molecule has 0 aliphatic carbocycles. The van der Waals surface area contributed by atoms with Crippen LogP contribution in [0.2, 0.25) is 0 Å². The molecule has 0 unspecified atom stereocenters. The first-order chi connectivity index (χ1) is 16.2. The molecule has 0 saturated carbocycles. The van der Waals surface area contributed by atoms with E-state index in [9.17, 15) is 0 Å². The smallest absolute Gasteiger partial charge is 0.227 e. The average Bonchev–Trinajstić information content (AvgIpc) is 3.31. The highest BCUT2D eigenvalue weighted by atomic mass is 16.5. The topological polar surface area (TPSA) is 80.5 Å². The zero-order chi connectivity index (χ0) is 22.4. The van der Waals surface area contributed by atoms with Crippen LogP contribution in [0, 0.1) is 0 Å². The summed E-state index contributed by atoms with van der Waals surface area (Å²) in [5, 5.41) is 8.52. The predicted molar refractivity (Wildman–Crippen MR) is 128 cm³/mol. The summed E-state index contributed by atoms with van der Waals surface area (Å²) < 4.78 is 7.41. The van der Waals surface area contributed by atoms with E-state index in [0.717, 1.165) is 58.6 Å². The number of methoxy groups -OCH3 is 1. The monoisotopic (exact) mass is 437 g/mol. The van der Waals surface area contributed by atoms with E-state index in [2.05, 4.69) is 56.6 Å². The summed E-state index contributed by atoms with van der Waals surface area (Å²) in [4.78, 5) is 15.9. The maximum Gasteiger partial charge on any atom is 0.227 e. The van der Waals surface area contributed by atoms with Crippen LogP contribution in [-0.4, -0.2) is 50.2 Å². The number of likely N-dealkylation sites (N-methyl/N-ethyl adjacent to an activating group) is 1. The number of hydrogen-bond donors (Lipinski definition) is 1. The number of fused-ring (bicyclic) bond motifs is 3. The molecule has 2 aromatic carbocycles. The predicted octanol–water partition coefficient (Wildman–Crippen LogP) is 4.08. The molecule has 1 aliphatic heterocycles. The Hall–Kier alpha value is -4.04. The minimum atomic E-state index is 0.537. The first kappa shape index (κ1) is 19.6. The first-order valence-corrected chi connectivity index (χ1v) is 10.9. The number of nitrogens with zero attached hydrogens (tertiary/aromatic N) is 6. The first-order valence-electron chi connectivity index (χ1n) is 10.9. The van der Waals surface area contributed by atoms with E-state index in [-0.39, 0.29) is 0 Å². The molecule has 0 amide bonds. The Kier molecular flexibility index (Phi) is 4.66. The van der Waals surface area contributed by atoms with Crippen LogP contribution in [0.5, 0.6) is 5.75 Å². The van der Waals surface area contributed by atoms with Gasteiger partial charge in [-0.3, -0.25) is 0 Å². The van der Waals surface area contributed by atoms with Gasteiger partial charge in [-0.05, 0) is 66.1 Å². The van der Waals surface area contributed by atoms with Crippen LogP contribution < -0.4 is 10.1 Å². The van der Waals surface area contributed by atoms with Crippen LogP contribution in [0.3, 0.4) is 0 Å². The Morgan fingerprint density at radius 1 is 1.00 bits per heavy atom. The fraction of sp³-hybridized carbons (Fsp3) is 0.200. The number of hydrogen-bond acceptors (Lipinski definition) is 7. The average molecular weight is 438 g/mol. The molecule has 8 heteroatoms. The molecule has 4 heterocycles. The summed E-state index contributed by atoms with van der Waals surface area (Å²) in [7, 11) is 3.84. The number of benzene rings is 2. The molecule has 33 heavy (non-hydrogen) atoms. The third kappa shape index (κ3) is 3.64. The highest BCUT2D eigenvalue weighted by Gasteiger charge is 2.17. The van der Waals surface area contributed by atoms with Gasteiger partial charge in [0.2, 0.25) is 5.95 Å². The van der Waals surface area contributed by atoms with Crippen molar-refractivity contribution >= 4 is 28.2 Å². The minimum absolute atomic E-state index is 0.537. The molecule has 3 aromatic heterocycles. The Morgan fingerprint density at radius 2 is 1.91 bits per heavy atom. The Bertz CT molecular complexity index is 1490. The van der Waals surface area contributed by atoms with E-state index in [4.69, 9.17) is 9.72 Å². The van der Waals surface area contributed by atoms with Gasteiger partial charge in [-0.15, -0.1) is 0 Å². The molecular weight excluding hydrogens is 414 g/mol. The van der Waals surface area contributed by atoms with Crippen molar-refractivity contribution < 1.29 is 4.74 Å². The van der Waals surface area contributed by atoms with E-state index < -0.39 is 0 Å². The molecular formula is C25H23N7O. The van der Waals surface area contributed by atoms with Gasteiger partial charge in [0.1, 0.15) is 12.1 Å². The van der Waals surface area contributed by atoms with Gasteiger partial charge in [0.25, 0.3) is 0 Å². The second kappa shape index (κ2) is 7.83. The van der Waals surface area contributed by atoms with Crippen molar-refractivity contribution in [3.63, 3.8) is 0 Å². The van der Waals surface area contributed by atoms with Crippen LogP contribution in [-0.2, 0) is 13.0 Å². The highest BCUT2D eigenvalue weighted by molar-refractivity contribution is 5.85. The van der Waals surface area contributed by atoms with Crippen molar-refractivity contribution in [3.8, 4) is 16.9 Å². The second-order valence-electron chi connectivity index (χ2n) is 8.38. The minimum Gasteiger partial charge on any atom is -0.495 e. The number of rotatable bonds is 4. The van der Waals surface area contributed by atoms with Crippen LogP contribution in [0.15, 0.2) is 61.2 Å². The van der Waals surface area contributed by atoms with Gasteiger partial charge in [0.05, 0.1) is 18.3 Å². The summed E-state index contributed by atoms with van der Waals surface area (Å²) in [6, 6.07) is 14.5. The lowest BCUT2D eigenvalue weighted by Gasteiger charge is -2.26. The van der Waals surface area contributed by atoms with E-state index in [1.807, 2.05) is 30.6 Å². The van der Waals surface area contributed by atoms with E-state index in [0.29, 0.717) is 5.95 Å². The standard InChI is InChI=1S/C25H23N7O/c1-31-7-5-17-11-23(33-2)22(10-20(17)14-31)30-25-26-13-19-4-3-16(9-21(19)29-25)18-6-8-32-24(12-18)27-15-28-32/h3-4,6,8-13,15H,5,7,14H2,1-2H3,(H,26,29,30). The van der Waals surface area contributed by atoms with Crippen molar-refractivity contribution in [1.82, 2.24) is 29.5 Å². The van der Waals surface area contributed by atoms with Crippen LogP contribution in [0.4, 0.5) is 11.6 Å². The normalized spacial score (nSPS) is 13.9. The molecule has 8 nitrogen and oxygen atoms in total. The largest absolute Gasteiger partial charge is 0.495 e. The third-order valence-electron chi connectivity index (χ3n) is 6.17. The van der Waals surface area contributed by atoms with Crippen molar-refractivity contribution in [2.24, 2.45) is 0 Å². The second-order valence-corrected chi connectivity index (χ2v) is 8.38. The fourth-order valence-corrected chi connectivity index (χ4v) is 4.37. The van der Waals surface area contributed by atoms with Crippen LogP contribution >= 0.6 is 0 Å². The SMILES string of the molecule is COc1cc2c(cc1Nc1ncc3ccc(-c4ccn5ncnc5c4)cc3n1)CN(C)CC2. The van der Waals surface area contributed by atoms with Crippen LogP contribution in [0.1, 0.15) is 11.1 Å². The summed E-state index contributed by atoms with van der Waals surface area (Å²) in [5.74, 6) is 1.34. The molecule has 0 bridgehead atoms. The Morgan fingerprint density at radius 3 is 2.82 bits per heavy atom. The number of anilines is 2. The molecule has 6 rings (SSSR count). The number of ether oxygens (including phenoxy) is 1.